The monoisotopic (exact) mass is 240 g/mol. The van der Waals surface area contributed by atoms with Crippen molar-refractivity contribution in [3.63, 3.8) is 0 Å². The molecule has 0 saturated carbocycles. The molecule has 0 radical (unpaired) electrons. The van der Waals surface area contributed by atoms with Gasteiger partial charge in [0.15, 0.2) is 0 Å². The molecule has 0 aromatic rings. The van der Waals surface area contributed by atoms with Gasteiger partial charge in [0.25, 0.3) is 0 Å². The molecule has 0 amide bonds. The zero-order valence-electron chi connectivity index (χ0n) is 6.99. The quantitative estimate of drug-likeness (QED) is 0.414. The molecule has 0 aliphatic carbocycles. The Morgan fingerprint density at radius 2 is 1.00 bits per heavy atom. The van der Waals surface area contributed by atoms with Gasteiger partial charge in [-0.05, 0) is 6.16 Å². The summed E-state index contributed by atoms with van der Waals surface area (Å²) in [7, 11) is 0. The van der Waals surface area contributed by atoms with Crippen LogP contribution in [0, 0.1) is 0 Å². The molecule has 0 atom stereocenters. The first-order chi connectivity index (χ1) is 3.46. The van der Waals surface area contributed by atoms with E-state index in [-0.39, 0.29) is 138 Å². The van der Waals surface area contributed by atoms with E-state index in [1.807, 2.05) is 0 Å². The van der Waals surface area contributed by atoms with Gasteiger partial charge in [-0.15, -0.1) is 0 Å². The molecule has 56 valence electrons. The second kappa shape index (κ2) is 29.2. The Balaban J connectivity index is -0.0000000112. The van der Waals surface area contributed by atoms with Crippen LogP contribution < -0.4 is 148 Å². The van der Waals surface area contributed by atoms with Gasteiger partial charge in [0, 0.05) is 0 Å². The third-order valence-electron chi connectivity index (χ3n) is 0. The van der Waals surface area contributed by atoms with Crippen LogP contribution in [0.2, 0.25) is 0 Å². The van der Waals surface area contributed by atoms with Crippen molar-refractivity contribution in [3.8, 4) is 0 Å². The Morgan fingerprint density at radius 3 is 1.00 bits per heavy atom. The molecule has 3 N–H and O–H groups in total. The number of rotatable bonds is 0. The maximum absolute atomic E-state index is 8.44. The molecule has 0 spiro atoms. The first-order valence-corrected chi connectivity index (χ1v) is 1.24. The maximum Gasteiger partial charge on any atom is 1.00 e. The molecule has 0 aliphatic rings. The smallest absolute Gasteiger partial charge is 0.652 e. The van der Waals surface area contributed by atoms with E-state index in [9.17, 15) is 0 Å². The van der Waals surface area contributed by atoms with E-state index in [4.69, 9.17) is 30.0 Å². The average molecular weight is 240 g/mol. The van der Waals surface area contributed by atoms with Gasteiger partial charge in [-0.2, -0.15) is 0 Å². The standard InChI is InChI=1S/2CH2O3.2K.Na.H2O/c2*2-1(3)4;;;;/h2*(H2,2,3,4);;;;1H2/q;;3*+1;/p-3. The van der Waals surface area contributed by atoms with Crippen molar-refractivity contribution >= 4 is 12.3 Å². The summed E-state index contributed by atoms with van der Waals surface area (Å²) in [5, 5.41) is 32.0. The van der Waals surface area contributed by atoms with E-state index < -0.39 is 12.3 Å². The van der Waals surface area contributed by atoms with Gasteiger partial charge >= 0.3 is 132 Å². The minimum Gasteiger partial charge on any atom is -0.652 e. The summed E-state index contributed by atoms with van der Waals surface area (Å²) in [6, 6.07) is 0. The second-order valence-corrected chi connectivity index (χ2v) is 0.516. The van der Waals surface area contributed by atoms with Crippen LogP contribution in [0.15, 0.2) is 0 Å². The summed E-state index contributed by atoms with van der Waals surface area (Å²) in [5.74, 6) is 0. The van der Waals surface area contributed by atoms with Gasteiger partial charge < -0.3 is 35.5 Å². The predicted octanol–water partition coefficient (Wildman–Crippen LogP) is -13.4. The van der Waals surface area contributed by atoms with Gasteiger partial charge in [0.05, 0.1) is 0 Å². The summed E-state index contributed by atoms with van der Waals surface area (Å²) in [4.78, 5) is 16.8. The molecule has 0 unspecified atom stereocenters. The number of hydrogen-bond acceptors (Lipinski definition) is 5. The molecular formula is C2H3K2NaO7. The SMILES string of the molecule is O.O=C([O-])O.O=C([O-])[O-].[K+].[K+].[Na+]. The number of hydrogen-bond donors (Lipinski definition) is 1. The zero-order valence-corrected chi connectivity index (χ0v) is 15.2. The zero-order chi connectivity index (χ0) is 7.15. The van der Waals surface area contributed by atoms with Gasteiger partial charge in [-0.3, -0.25) is 0 Å². The minimum atomic E-state index is -2.33. The molecule has 0 heterocycles. The molecule has 0 aromatic heterocycles. The van der Waals surface area contributed by atoms with Crippen molar-refractivity contribution in [2.45, 2.75) is 0 Å². The van der Waals surface area contributed by atoms with Gasteiger partial charge in [-0.1, -0.05) is 0 Å². The number of carbonyl (C=O) groups excluding carboxylic acids is 1. The van der Waals surface area contributed by atoms with Crippen molar-refractivity contribution < 1.29 is 168 Å². The van der Waals surface area contributed by atoms with Crippen LogP contribution in [-0.2, 0) is 0 Å². The Labute approximate surface area is 175 Å². The first-order valence-electron chi connectivity index (χ1n) is 1.24. The van der Waals surface area contributed by atoms with Crippen LogP contribution in [0.3, 0.4) is 0 Å². The topological polar surface area (TPSA) is 155 Å². The van der Waals surface area contributed by atoms with Crippen molar-refractivity contribution in [2.24, 2.45) is 0 Å². The van der Waals surface area contributed by atoms with Gasteiger partial charge in [0.2, 0.25) is 6.16 Å². The summed E-state index contributed by atoms with van der Waals surface area (Å²) >= 11 is 0. The van der Waals surface area contributed by atoms with Gasteiger partial charge in [0.1, 0.15) is 0 Å². The van der Waals surface area contributed by atoms with E-state index in [0.29, 0.717) is 0 Å². The van der Waals surface area contributed by atoms with Crippen LogP contribution in [0.4, 0.5) is 9.59 Å². The maximum atomic E-state index is 8.44. The fraction of sp³-hybridized carbons (Fsp3) is 0. The molecule has 0 aliphatic heterocycles. The molecule has 0 rings (SSSR count). The Bertz CT molecular complexity index is 77.4. The van der Waals surface area contributed by atoms with E-state index in [2.05, 4.69) is 0 Å². The Kier molecular flexibility index (Phi) is 88.6. The number of carboxylic acid groups (broad SMARTS) is 4. The van der Waals surface area contributed by atoms with Crippen molar-refractivity contribution in [1.29, 1.82) is 0 Å². The van der Waals surface area contributed by atoms with E-state index in [1.54, 1.807) is 0 Å². The fourth-order valence-corrected chi connectivity index (χ4v) is 0. The van der Waals surface area contributed by atoms with Crippen molar-refractivity contribution in [3.05, 3.63) is 0 Å². The fourth-order valence-electron chi connectivity index (χ4n) is 0. The molecule has 7 nitrogen and oxygen atoms in total. The average Bonchev–Trinajstić information content (AvgIpc) is 1.25. The molecule has 0 aromatic carbocycles. The molecule has 12 heavy (non-hydrogen) atoms. The second-order valence-electron chi connectivity index (χ2n) is 0.516. The van der Waals surface area contributed by atoms with E-state index >= 15 is 0 Å². The van der Waals surface area contributed by atoms with Crippen LogP contribution in [0.5, 0.6) is 0 Å². The molecule has 0 saturated heterocycles. The Morgan fingerprint density at radius 1 is 1.00 bits per heavy atom. The molecule has 10 heteroatoms. The van der Waals surface area contributed by atoms with E-state index in [1.165, 1.54) is 0 Å². The number of carbonyl (C=O) groups is 2. The molecule has 0 bridgehead atoms. The van der Waals surface area contributed by atoms with E-state index in [0.717, 1.165) is 0 Å². The summed E-state index contributed by atoms with van der Waals surface area (Å²) in [6.45, 7) is 0. The predicted molar refractivity (Wildman–Crippen MR) is 17.0 cm³/mol. The summed E-state index contributed by atoms with van der Waals surface area (Å²) in [5.41, 5.74) is 0. The summed E-state index contributed by atoms with van der Waals surface area (Å²) < 4.78 is 0. The Hall–Kier alpha value is 2.77. The van der Waals surface area contributed by atoms with Crippen LogP contribution in [0.25, 0.3) is 0 Å². The van der Waals surface area contributed by atoms with Crippen molar-refractivity contribution in [1.82, 2.24) is 0 Å². The largest absolute Gasteiger partial charge is 1.00 e. The van der Waals surface area contributed by atoms with Crippen LogP contribution >= 0.6 is 0 Å². The van der Waals surface area contributed by atoms with Crippen molar-refractivity contribution in [2.75, 3.05) is 0 Å². The molecule has 0 fully saturated rings. The molecular weight excluding hydrogens is 237 g/mol. The van der Waals surface area contributed by atoms with Crippen LogP contribution in [-0.4, -0.2) is 22.9 Å². The third-order valence-corrected chi connectivity index (χ3v) is 0. The minimum absolute atomic E-state index is 0. The summed E-state index contributed by atoms with van der Waals surface area (Å²) in [6.07, 6.45) is -4.42. The first kappa shape index (κ1) is 36.4. The van der Waals surface area contributed by atoms with Gasteiger partial charge in [-0.25, -0.2) is 0 Å². The normalized spacial score (nSPS) is 4.00. The third kappa shape index (κ3) is 230. The van der Waals surface area contributed by atoms with Crippen LogP contribution in [0.1, 0.15) is 0 Å².